The number of aromatic nitrogens is 1. The van der Waals surface area contributed by atoms with Gasteiger partial charge in [0.15, 0.2) is 0 Å². The van der Waals surface area contributed by atoms with E-state index in [9.17, 15) is 9.59 Å². The lowest BCUT2D eigenvalue weighted by Gasteiger charge is -2.08. The molecule has 1 aromatic heterocycles. The van der Waals surface area contributed by atoms with E-state index in [0.717, 1.165) is 0 Å². The quantitative estimate of drug-likeness (QED) is 0.661. The first kappa shape index (κ1) is 14.3. The number of nitrogens with one attached hydrogen (secondary N) is 2. The van der Waals surface area contributed by atoms with Crippen molar-refractivity contribution in [2.24, 2.45) is 0 Å². The molecule has 2 N–H and O–H groups in total. The molecule has 0 saturated heterocycles. The Labute approximate surface area is 124 Å². The number of hydrazine groups is 1. The largest absolute Gasteiger partial charge is 0.272 e. The van der Waals surface area contributed by atoms with E-state index in [1.807, 2.05) is 0 Å². The van der Waals surface area contributed by atoms with Crippen molar-refractivity contribution in [1.82, 2.24) is 15.8 Å². The molecule has 102 valence electrons. The van der Waals surface area contributed by atoms with Crippen LogP contribution < -0.4 is 10.9 Å². The number of nitrogens with zero attached hydrogens (tertiary/aromatic N) is 1. The number of halogens is 2. The third kappa shape index (κ3) is 3.46. The molecule has 0 aliphatic rings. The van der Waals surface area contributed by atoms with Crippen molar-refractivity contribution in [3.05, 3.63) is 63.9 Å². The minimum Gasteiger partial charge on any atom is -0.267 e. The zero-order valence-electron chi connectivity index (χ0n) is 10.1. The number of rotatable bonds is 2. The van der Waals surface area contributed by atoms with Gasteiger partial charge >= 0.3 is 0 Å². The van der Waals surface area contributed by atoms with Gasteiger partial charge in [-0.2, -0.15) is 0 Å². The molecule has 2 amide bonds. The first-order valence-electron chi connectivity index (χ1n) is 5.54. The van der Waals surface area contributed by atoms with Crippen LogP contribution >= 0.6 is 23.2 Å². The van der Waals surface area contributed by atoms with Gasteiger partial charge in [0, 0.05) is 16.8 Å². The highest BCUT2D eigenvalue weighted by Crippen LogP contribution is 2.11. The number of pyridine rings is 1. The number of carbonyl (C=O) groups is 2. The highest BCUT2D eigenvalue weighted by Gasteiger charge is 2.12. The van der Waals surface area contributed by atoms with E-state index in [1.165, 1.54) is 12.3 Å². The van der Waals surface area contributed by atoms with Crippen LogP contribution in [0.2, 0.25) is 10.2 Å². The number of benzene rings is 1. The highest BCUT2D eigenvalue weighted by molar-refractivity contribution is 6.32. The van der Waals surface area contributed by atoms with Gasteiger partial charge in [0.25, 0.3) is 11.8 Å². The summed E-state index contributed by atoms with van der Waals surface area (Å²) in [6.45, 7) is 0. The van der Waals surface area contributed by atoms with Crippen molar-refractivity contribution in [2.75, 3.05) is 0 Å². The molecule has 0 fully saturated rings. The number of carbonyl (C=O) groups excluding carboxylic acids is 2. The molecule has 0 bridgehead atoms. The molecular weight excluding hydrogens is 301 g/mol. The molecule has 0 saturated carbocycles. The van der Waals surface area contributed by atoms with E-state index < -0.39 is 11.8 Å². The van der Waals surface area contributed by atoms with Crippen LogP contribution in [0.4, 0.5) is 0 Å². The van der Waals surface area contributed by atoms with E-state index in [-0.39, 0.29) is 10.7 Å². The molecule has 7 heteroatoms. The Bertz CT molecular complexity index is 644. The van der Waals surface area contributed by atoms with Gasteiger partial charge in [-0.05, 0) is 36.4 Å². The summed E-state index contributed by atoms with van der Waals surface area (Å²) in [5.41, 5.74) is 5.07. The summed E-state index contributed by atoms with van der Waals surface area (Å²) < 4.78 is 0. The van der Waals surface area contributed by atoms with Gasteiger partial charge in [-0.1, -0.05) is 23.2 Å². The van der Waals surface area contributed by atoms with Gasteiger partial charge in [-0.3, -0.25) is 20.4 Å². The normalized spacial score (nSPS) is 9.90. The predicted molar refractivity (Wildman–Crippen MR) is 75.6 cm³/mol. The molecule has 0 aliphatic heterocycles. The van der Waals surface area contributed by atoms with Crippen molar-refractivity contribution in [3.8, 4) is 0 Å². The minimum absolute atomic E-state index is 0.0609. The van der Waals surface area contributed by atoms with Crippen LogP contribution in [-0.2, 0) is 0 Å². The fourth-order valence-electron chi connectivity index (χ4n) is 1.41. The van der Waals surface area contributed by atoms with Crippen LogP contribution in [0, 0.1) is 0 Å². The maximum absolute atomic E-state index is 11.8. The van der Waals surface area contributed by atoms with Gasteiger partial charge in [-0.15, -0.1) is 0 Å². The van der Waals surface area contributed by atoms with Gasteiger partial charge in [-0.25, -0.2) is 4.98 Å². The summed E-state index contributed by atoms with van der Waals surface area (Å²) in [6, 6.07) is 9.31. The Morgan fingerprint density at radius 1 is 0.950 bits per heavy atom. The zero-order chi connectivity index (χ0) is 14.5. The van der Waals surface area contributed by atoms with Crippen LogP contribution in [0.5, 0.6) is 0 Å². The van der Waals surface area contributed by atoms with Gasteiger partial charge in [0.05, 0.1) is 5.56 Å². The Kier molecular flexibility index (Phi) is 4.55. The Hall–Kier alpha value is -2.11. The third-order valence-corrected chi connectivity index (χ3v) is 2.95. The molecule has 0 atom stereocenters. The van der Waals surface area contributed by atoms with Crippen LogP contribution in [0.25, 0.3) is 0 Å². The van der Waals surface area contributed by atoms with Crippen LogP contribution in [0.3, 0.4) is 0 Å². The molecule has 1 aromatic carbocycles. The van der Waals surface area contributed by atoms with Crippen molar-refractivity contribution in [1.29, 1.82) is 0 Å². The third-order valence-electron chi connectivity index (χ3n) is 2.40. The second-order valence-corrected chi connectivity index (χ2v) is 4.55. The summed E-state index contributed by atoms with van der Waals surface area (Å²) in [5, 5.41) is 0.582. The average Bonchev–Trinajstić information content (AvgIpc) is 2.45. The minimum atomic E-state index is -0.551. The topological polar surface area (TPSA) is 71.1 Å². The number of hydrogen-bond donors (Lipinski definition) is 2. The fraction of sp³-hybridized carbons (Fsp3) is 0. The molecule has 0 aliphatic carbocycles. The van der Waals surface area contributed by atoms with Crippen molar-refractivity contribution < 1.29 is 9.59 Å². The second-order valence-electron chi connectivity index (χ2n) is 3.76. The molecule has 1 heterocycles. The Morgan fingerprint density at radius 2 is 1.60 bits per heavy atom. The number of amides is 2. The van der Waals surface area contributed by atoms with Gasteiger partial charge < -0.3 is 0 Å². The molecule has 20 heavy (non-hydrogen) atoms. The Morgan fingerprint density at radius 3 is 2.25 bits per heavy atom. The van der Waals surface area contributed by atoms with Crippen molar-refractivity contribution in [3.63, 3.8) is 0 Å². The maximum atomic E-state index is 11.8. The molecule has 0 spiro atoms. The lowest BCUT2D eigenvalue weighted by atomic mass is 10.2. The predicted octanol–water partition coefficient (Wildman–Crippen LogP) is 2.46. The monoisotopic (exact) mass is 309 g/mol. The standard InChI is InChI=1S/C13H9Cl2N3O2/c14-9-5-3-8(4-6-9)12(19)17-18-13(20)10-2-1-7-16-11(10)15/h1-7H,(H,17,19)(H,18,20). The Balaban J connectivity index is 1.99. The summed E-state index contributed by atoms with van der Waals surface area (Å²) in [4.78, 5) is 27.3. The molecule has 5 nitrogen and oxygen atoms in total. The van der Waals surface area contributed by atoms with Crippen molar-refractivity contribution in [2.45, 2.75) is 0 Å². The van der Waals surface area contributed by atoms with Gasteiger partial charge in [0.1, 0.15) is 5.15 Å². The molecule has 2 rings (SSSR count). The van der Waals surface area contributed by atoms with E-state index in [0.29, 0.717) is 10.6 Å². The first-order valence-corrected chi connectivity index (χ1v) is 6.30. The first-order chi connectivity index (χ1) is 9.58. The van der Waals surface area contributed by atoms with E-state index in [4.69, 9.17) is 23.2 Å². The number of hydrogen-bond acceptors (Lipinski definition) is 3. The lowest BCUT2D eigenvalue weighted by Crippen LogP contribution is -2.41. The van der Waals surface area contributed by atoms with E-state index >= 15 is 0 Å². The van der Waals surface area contributed by atoms with E-state index in [2.05, 4.69) is 15.8 Å². The average molecular weight is 310 g/mol. The maximum Gasteiger partial charge on any atom is 0.272 e. The lowest BCUT2D eigenvalue weighted by molar-refractivity contribution is 0.0846. The van der Waals surface area contributed by atoms with Crippen LogP contribution in [-0.4, -0.2) is 16.8 Å². The smallest absolute Gasteiger partial charge is 0.267 e. The van der Waals surface area contributed by atoms with Crippen molar-refractivity contribution >= 4 is 35.0 Å². The van der Waals surface area contributed by atoms with Gasteiger partial charge in [0.2, 0.25) is 0 Å². The summed E-state index contributed by atoms with van der Waals surface area (Å²) in [7, 11) is 0. The molecule has 2 aromatic rings. The SMILES string of the molecule is O=C(NNC(=O)c1cccnc1Cl)c1ccc(Cl)cc1. The van der Waals surface area contributed by atoms with Crippen LogP contribution in [0.1, 0.15) is 20.7 Å². The summed E-state index contributed by atoms with van der Waals surface area (Å²) in [5.74, 6) is -1.01. The second kappa shape index (κ2) is 6.36. The van der Waals surface area contributed by atoms with Crippen LogP contribution in [0.15, 0.2) is 42.6 Å². The molecular formula is C13H9Cl2N3O2. The summed E-state index contributed by atoms with van der Waals surface area (Å²) in [6.07, 6.45) is 1.46. The summed E-state index contributed by atoms with van der Waals surface area (Å²) >= 11 is 11.5. The highest BCUT2D eigenvalue weighted by atomic mass is 35.5. The van der Waals surface area contributed by atoms with E-state index in [1.54, 1.807) is 30.3 Å². The molecule has 0 radical (unpaired) electrons. The molecule has 0 unspecified atom stereocenters. The zero-order valence-corrected chi connectivity index (χ0v) is 11.6. The fourth-order valence-corrected chi connectivity index (χ4v) is 1.74.